The van der Waals surface area contributed by atoms with Crippen LogP contribution in [0.2, 0.25) is 0 Å². The van der Waals surface area contributed by atoms with Gasteiger partial charge in [0.05, 0.1) is 23.7 Å². The lowest BCUT2D eigenvalue weighted by Crippen LogP contribution is -2.22. The Morgan fingerprint density at radius 3 is 2.74 bits per heavy atom. The number of hydrogen-bond donors (Lipinski definition) is 1. The van der Waals surface area contributed by atoms with Crippen molar-refractivity contribution in [2.75, 3.05) is 13.2 Å². The normalized spacial score (nSPS) is 13.3. The van der Waals surface area contributed by atoms with Crippen molar-refractivity contribution in [2.45, 2.75) is 33.4 Å². The number of rotatable bonds is 6. The van der Waals surface area contributed by atoms with E-state index < -0.39 is 0 Å². The van der Waals surface area contributed by atoms with Crippen LogP contribution in [-0.2, 0) is 11.3 Å². The molecule has 2 rings (SSSR count). The molecule has 0 fully saturated rings. The predicted molar refractivity (Wildman–Crippen MR) is 78.0 cm³/mol. The summed E-state index contributed by atoms with van der Waals surface area (Å²) in [6.07, 6.45) is 0. The van der Waals surface area contributed by atoms with Gasteiger partial charge in [-0.1, -0.05) is 26.0 Å². The average Bonchev–Trinajstić information content (AvgIpc) is 2.77. The van der Waals surface area contributed by atoms with Gasteiger partial charge in [-0.2, -0.15) is 0 Å². The fraction of sp³-hybridized carbons (Fsp3) is 0.533. The number of fused-ring (bicyclic) bond motifs is 1. The number of aromatic nitrogens is 2. The molecule has 0 bridgehead atoms. The van der Waals surface area contributed by atoms with E-state index >= 15 is 0 Å². The van der Waals surface area contributed by atoms with Gasteiger partial charge in [-0.05, 0) is 25.0 Å². The molecule has 0 saturated carbocycles. The lowest BCUT2D eigenvalue weighted by Gasteiger charge is -2.17. The first kappa shape index (κ1) is 14.0. The van der Waals surface area contributed by atoms with Gasteiger partial charge in [0.1, 0.15) is 5.82 Å². The van der Waals surface area contributed by atoms with E-state index in [0.29, 0.717) is 12.5 Å². The maximum absolute atomic E-state index is 6.28. The topological polar surface area (TPSA) is 53.1 Å². The standard InChI is InChI=1S/C15H23N3O/c1-4-19-10-9-18-13-8-6-5-7-12(13)17-15(18)14(16)11(2)3/h5-8,11,14H,4,9-10,16H2,1-3H3. The molecule has 4 nitrogen and oxygen atoms in total. The van der Waals surface area contributed by atoms with Crippen LogP contribution < -0.4 is 5.73 Å². The molecule has 19 heavy (non-hydrogen) atoms. The van der Waals surface area contributed by atoms with Crippen molar-refractivity contribution < 1.29 is 4.74 Å². The maximum Gasteiger partial charge on any atom is 0.127 e. The minimum atomic E-state index is -0.0472. The van der Waals surface area contributed by atoms with Crippen LogP contribution >= 0.6 is 0 Å². The van der Waals surface area contributed by atoms with E-state index in [1.54, 1.807) is 0 Å². The maximum atomic E-state index is 6.28. The SMILES string of the molecule is CCOCCn1c(C(N)C(C)C)nc2ccccc21. The van der Waals surface area contributed by atoms with E-state index in [4.69, 9.17) is 15.5 Å². The zero-order valence-electron chi connectivity index (χ0n) is 12.0. The van der Waals surface area contributed by atoms with Gasteiger partial charge in [-0.15, -0.1) is 0 Å². The number of nitrogens with two attached hydrogens (primary N) is 1. The van der Waals surface area contributed by atoms with Gasteiger partial charge >= 0.3 is 0 Å². The minimum Gasteiger partial charge on any atom is -0.380 e. The predicted octanol–water partition coefficient (Wildman–Crippen LogP) is 2.73. The second kappa shape index (κ2) is 6.17. The molecule has 0 aliphatic heterocycles. The molecule has 1 aromatic carbocycles. The molecule has 1 heterocycles. The van der Waals surface area contributed by atoms with Gasteiger partial charge in [0.25, 0.3) is 0 Å². The first-order chi connectivity index (χ1) is 9.15. The first-order valence-electron chi connectivity index (χ1n) is 6.93. The Balaban J connectivity index is 2.40. The Hall–Kier alpha value is -1.39. The highest BCUT2D eigenvalue weighted by Gasteiger charge is 2.19. The lowest BCUT2D eigenvalue weighted by molar-refractivity contribution is 0.138. The van der Waals surface area contributed by atoms with Crippen molar-refractivity contribution in [3.8, 4) is 0 Å². The second-order valence-electron chi connectivity index (χ2n) is 5.08. The molecule has 0 saturated heterocycles. The van der Waals surface area contributed by atoms with Crippen LogP contribution in [0.5, 0.6) is 0 Å². The molecular formula is C15H23N3O. The third-order valence-electron chi connectivity index (χ3n) is 3.36. The van der Waals surface area contributed by atoms with Crippen molar-refractivity contribution in [1.82, 2.24) is 9.55 Å². The quantitative estimate of drug-likeness (QED) is 0.813. The average molecular weight is 261 g/mol. The van der Waals surface area contributed by atoms with Gasteiger partial charge < -0.3 is 15.0 Å². The van der Waals surface area contributed by atoms with Gasteiger partial charge in [0.2, 0.25) is 0 Å². The molecule has 104 valence electrons. The zero-order chi connectivity index (χ0) is 13.8. The van der Waals surface area contributed by atoms with Gasteiger partial charge in [0, 0.05) is 13.2 Å². The molecule has 1 aromatic heterocycles. The lowest BCUT2D eigenvalue weighted by atomic mass is 10.1. The van der Waals surface area contributed by atoms with Gasteiger partial charge in [-0.3, -0.25) is 0 Å². The van der Waals surface area contributed by atoms with Crippen LogP contribution in [0.25, 0.3) is 11.0 Å². The monoisotopic (exact) mass is 261 g/mol. The van der Waals surface area contributed by atoms with Crippen molar-refractivity contribution in [1.29, 1.82) is 0 Å². The third kappa shape index (κ3) is 2.96. The number of para-hydroxylation sites is 2. The second-order valence-corrected chi connectivity index (χ2v) is 5.08. The van der Waals surface area contributed by atoms with Gasteiger partial charge in [-0.25, -0.2) is 4.98 Å². The smallest absolute Gasteiger partial charge is 0.127 e. The molecule has 4 heteroatoms. The van der Waals surface area contributed by atoms with Crippen LogP contribution in [0.1, 0.15) is 32.6 Å². The summed E-state index contributed by atoms with van der Waals surface area (Å²) in [7, 11) is 0. The Morgan fingerprint density at radius 1 is 1.32 bits per heavy atom. The van der Waals surface area contributed by atoms with E-state index in [0.717, 1.165) is 30.0 Å². The summed E-state index contributed by atoms with van der Waals surface area (Å²) in [6.45, 7) is 8.47. The third-order valence-corrected chi connectivity index (χ3v) is 3.36. The van der Waals surface area contributed by atoms with Crippen LogP contribution in [0.3, 0.4) is 0 Å². The van der Waals surface area contributed by atoms with Crippen LogP contribution in [0.4, 0.5) is 0 Å². The number of hydrogen-bond acceptors (Lipinski definition) is 3. The Labute approximate surface area is 114 Å². The molecule has 1 atom stereocenters. The van der Waals surface area contributed by atoms with Crippen LogP contribution in [-0.4, -0.2) is 22.8 Å². The van der Waals surface area contributed by atoms with Crippen molar-refractivity contribution >= 4 is 11.0 Å². The summed E-state index contributed by atoms with van der Waals surface area (Å²) in [4.78, 5) is 4.69. The highest BCUT2D eigenvalue weighted by Crippen LogP contribution is 2.23. The zero-order valence-corrected chi connectivity index (χ0v) is 12.0. The fourth-order valence-corrected chi connectivity index (χ4v) is 2.18. The van der Waals surface area contributed by atoms with Crippen molar-refractivity contribution in [3.05, 3.63) is 30.1 Å². The summed E-state index contributed by atoms with van der Waals surface area (Å²) in [6, 6.07) is 8.11. The summed E-state index contributed by atoms with van der Waals surface area (Å²) >= 11 is 0. The van der Waals surface area contributed by atoms with Crippen molar-refractivity contribution in [2.24, 2.45) is 11.7 Å². The number of nitrogens with zero attached hydrogens (tertiary/aromatic N) is 2. The largest absolute Gasteiger partial charge is 0.380 e. The number of ether oxygens (including phenoxy) is 1. The molecule has 0 aliphatic carbocycles. The summed E-state index contributed by atoms with van der Waals surface area (Å²) < 4.78 is 7.65. The molecular weight excluding hydrogens is 238 g/mol. The highest BCUT2D eigenvalue weighted by molar-refractivity contribution is 5.76. The Kier molecular flexibility index (Phi) is 4.56. The van der Waals surface area contributed by atoms with E-state index in [9.17, 15) is 0 Å². The van der Waals surface area contributed by atoms with E-state index in [1.807, 2.05) is 25.1 Å². The molecule has 0 aliphatic rings. The van der Waals surface area contributed by atoms with Crippen LogP contribution in [0.15, 0.2) is 24.3 Å². The van der Waals surface area contributed by atoms with Crippen LogP contribution in [0, 0.1) is 5.92 Å². The molecule has 0 amide bonds. The van der Waals surface area contributed by atoms with E-state index in [1.165, 1.54) is 0 Å². The molecule has 0 spiro atoms. The molecule has 1 unspecified atom stereocenters. The van der Waals surface area contributed by atoms with Gasteiger partial charge in [0.15, 0.2) is 0 Å². The van der Waals surface area contributed by atoms with E-state index in [-0.39, 0.29) is 6.04 Å². The highest BCUT2D eigenvalue weighted by atomic mass is 16.5. The number of imidazole rings is 1. The Morgan fingerprint density at radius 2 is 2.05 bits per heavy atom. The first-order valence-corrected chi connectivity index (χ1v) is 6.93. The summed E-state index contributed by atoms with van der Waals surface area (Å²) in [5.74, 6) is 1.32. The summed E-state index contributed by atoms with van der Waals surface area (Å²) in [5, 5.41) is 0. The van der Waals surface area contributed by atoms with E-state index in [2.05, 4.69) is 24.5 Å². The summed E-state index contributed by atoms with van der Waals surface area (Å²) in [5.41, 5.74) is 8.42. The minimum absolute atomic E-state index is 0.0472. The fourth-order valence-electron chi connectivity index (χ4n) is 2.18. The molecule has 0 radical (unpaired) electrons. The molecule has 2 N–H and O–H groups in total. The Bertz CT molecular complexity index is 533. The number of benzene rings is 1. The van der Waals surface area contributed by atoms with Crippen molar-refractivity contribution in [3.63, 3.8) is 0 Å². The molecule has 2 aromatic rings.